The zero-order valence-electron chi connectivity index (χ0n) is 12.2. The van der Waals surface area contributed by atoms with Crippen LogP contribution in [0.15, 0.2) is 16.6 Å². The molecule has 118 valence electrons. The Morgan fingerprint density at radius 1 is 1.41 bits per heavy atom. The number of ether oxygens (including phenoxy) is 3. The van der Waals surface area contributed by atoms with Crippen LogP contribution in [0.25, 0.3) is 0 Å². The van der Waals surface area contributed by atoms with Crippen molar-refractivity contribution in [1.29, 1.82) is 0 Å². The summed E-state index contributed by atoms with van der Waals surface area (Å²) in [6, 6.07) is 3.30. The zero-order chi connectivity index (χ0) is 16.3. The number of carbonyl (C=O) groups is 3. The van der Waals surface area contributed by atoms with Crippen LogP contribution in [0.5, 0.6) is 5.75 Å². The van der Waals surface area contributed by atoms with Gasteiger partial charge in [0.05, 0.1) is 24.8 Å². The third kappa shape index (κ3) is 3.20. The summed E-state index contributed by atoms with van der Waals surface area (Å²) in [4.78, 5) is 36.1. The minimum atomic E-state index is -1.46. The number of Topliss-reactive ketones (excluding diaryl/α,β-unsaturated/α-hetero) is 2. The number of hydrogen-bond acceptors (Lipinski definition) is 6. The van der Waals surface area contributed by atoms with Gasteiger partial charge in [-0.3, -0.25) is 9.59 Å². The summed E-state index contributed by atoms with van der Waals surface area (Å²) >= 11 is 3.30. The molecular formula is C15H15BrO6. The van der Waals surface area contributed by atoms with Crippen LogP contribution >= 0.6 is 15.9 Å². The van der Waals surface area contributed by atoms with Gasteiger partial charge in [-0.1, -0.05) is 0 Å². The number of esters is 1. The molecule has 0 spiro atoms. The first-order chi connectivity index (χ1) is 10.5. The number of methoxy groups -OCH3 is 1. The van der Waals surface area contributed by atoms with Crippen LogP contribution in [0.4, 0.5) is 0 Å². The molecule has 1 heterocycles. The molecule has 1 atom stereocenters. The van der Waals surface area contributed by atoms with Gasteiger partial charge in [0, 0.05) is 5.56 Å². The van der Waals surface area contributed by atoms with E-state index in [1.54, 1.807) is 19.1 Å². The van der Waals surface area contributed by atoms with Gasteiger partial charge < -0.3 is 14.2 Å². The Morgan fingerprint density at radius 3 is 2.77 bits per heavy atom. The van der Waals surface area contributed by atoms with Crippen LogP contribution in [0.3, 0.4) is 0 Å². The first-order valence-electron chi connectivity index (χ1n) is 6.72. The molecule has 1 aromatic rings. The lowest BCUT2D eigenvalue weighted by molar-refractivity contribution is -0.157. The predicted octanol–water partition coefficient (Wildman–Crippen LogP) is 1.71. The van der Waals surface area contributed by atoms with Gasteiger partial charge in [0.1, 0.15) is 5.75 Å². The fourth-order valence-electron chi connectivity index (χ4n) is 2.20. The average Bonchev–Trinajstić information content (AvgIpc) is 2.65. The number of hydrogen-bond donors (Lipinski definition) is 0. The molecule has 0 fully saturated rings. The molecule has 1 aliphatic rings. The molecule has 0 saturated heterocycles. The summed E-state index contributed by atoms with van der Waals surface area (Å²) in [5.74, 6) is -2.00. The maximum atomic E-state index is 12.5. The maximum Gasteiger partial charge on any atom is 0.377 e. The number of halogens is 1. The Labute approximate surface area is 135 Å². The fraction of sp³-hybridized carbons (Fsp3) is 0.400. The van der Waals surface area contributed by atoms with E-state index in [0.29, 0.717) is 27.8 Å². The average molecular weight is 371 g/mol. The van der Waals surface area contributed by atoms with Crippen molar-refractivity contribution in [1.82, 2.24) is 0 Å². The van der Waals surface area contributed by atoms with Crippen LogP contribution in [-0.4, -0.2) is 44.0 Å². The van der Waals surface area contributed by atoms with Crippen LogP contribution in [0, 0.1) is 0 Å². The first-order valence-corrected chi connectivity index (χ1v) is 7.52. The van der Waals surface area contributed by atoms with E-state index in [1.165, 1.54) is 7.11 Å². The van der Waals surface area contributed by atoms with Gasteiger partial charge in [-0.05, 0) is 47.0 Å². The summed E-state index contributed by atoms with van der Waals surface area (Å²) < 4.78 is 15.7. The van der Waals surface area contributed by atoms with Crippen molar-refractivity contribution in [2.24, 2.45) is 0 Å². The second-order valence-electron chi connectivity index (χ2n) is 4.59. The Bertz CT molecular complexity index is 625. The van der Waals surface area contributed by atoms with Crippen molar-refractivity contribution in [3.63, 3.8) is 0 Å². The molecule has 7 heteroatoms. The molecule has 0 aliphatic carbocycles. The first kappa shape index (κ1) is 16.6. The highest BCUT2D eigenvalue weighted by atomic mass is 79.9. The Balaban J connectivity index is 2.36. The molecule has 1 aromatic carbocycles. The second-order valence-corrected chi connectivity index (χ2v) is 5.45. The standard InChI is InChI=1S/C15H15BrO6/c1-3-21-15(19)13(18)14-12(17)9-7-10(16)11(20-2)6-8(9)4-5-22-14/h6-7,14H,3-5H2,1-2H3. The van der Waals surface area contributed by atoms with E-state index in [1.807, 2.05) is 0 Å². The third-order valence-corrected chi connectivity index (χ3v) is 3.87. The van der Waals surface area contributed by atoms with Crippen molar-refractivity contribution in [2.75, 3.05) is 20.3 Å². The summed E-state index contributed by atoms with van der Waals surface area (Å²) in [5, 5.41) is 0. The lowest BCUT2D eigenvalue weighted by atomic mass is 9.97. The van der Waals surface area contributed by atoms with E-state index in [9.17, 15) is 14.4 Å². The molecule has 0 N–H and O–H groups in total. The van der Waals surface area contributed by atoms with Crippen molar-refractivity contribution in [3.8, 4) is 5.75 Å². The SMILES string of the molecule is CCOC(=O)C(=O)C1OCCc2cc(OC)c(Br)cc2C1=O. The van der Waals surface area contributed by atoms with Crippen LogP contribution in [-0.2, 0) is 25.5 Å². The molecule has 1 aliphatic heterocycles. The molecule has 0 radical (unpaired) electrons. The number of benzene rings is 1. The monoisotopic (exact) mass is 370 g/mol. The van der Waals surface area contributed by atoms with E-state index < -0.39 is 23.6 Å². The van der Waals surface area contributed by atoms with Gasteiger partial charge in [0.2, 0.25) is 0 Å². The summed E-state index contributed by atoms with van der Waals surface area (Å²) in [5.41, 5.74) is 1.05. The van der Waals surface area contributed by atoms with Crippen LogP contribution in [0.1, 0.15) is 22.8 Å². The Hall–Kier alpha value is -1.73. The van der Waals surface area contributed by atoms with Gasteiger partial charge in [-0.2, -0.15) is 0 Å². The van der Waals surface area contributed by atoms with Gasteiger partial charge in [-0.25, -0.2) is 4.79 Å². The topological polar surface area (TPSA) is 78.9 Å². The Morgan fingerprint density at radius 2 is 2.14 bits per heavy atom. The summed E-state index contributed by atoms with van der Waals surface area (Å²) in [6.07, 6.45) is -1.02. The van der Waals surface area contributed by atoms with Crippen molar-refractivity contribution >= 4 is 33.5 Å². The van der Waals surface area contributed by atoms with Crippen LogP contribution in [0.2, 0.25) is 0 Å². The molecule has 6 nitrogen and oxygen atoms in total. The second kappa shape index (κ2) is 7.02. The van der Waals surface area contributed by atoms with Gasteiger partial charge >= 0.3 is 5.97 Å². The summed E-state index contributed by atoms with van der Waals surface area (Å²) in [7, 11) is 1.52. The summed E-state index contributed by atoms with van der Waals surface area (Å²) in [6.45, 7) is 1.80. The molecule has 0 bridgehead atoms. The van der Waals surface area contributed by atoms with Crippen molar-refractivity contribution < 1.29 is 28.6 Å². The van der Waals surface area contributed by atoms with Crippen LogP contribution < -0.4 is 4.74 Å². The highest BCUT2D eigenvalue weighted by molar-refractivity contribution is 9.10. The smallest absolute Gasteiger partial charge is 0.377 e. The van der Waals surface area contributed by atoms with E-state index in [4.69, 9.17) is 9.47 Å². The van der Waals surface area contributed by atoms with Gasteiger partial charge in [0.15, 0.2) is 11.9 Å². The molecule has 0 amide bonds. The van der Waals surface area contributed by atoms with E-state index in [2.05, 4.69) is 20.7 Å². The molecule has 1 unspecified atom stereocenters. The lowest BCUT2D eigenvalue weighted by Crippen LogP contribution is -2.38. The number of rotatable bonds is 4. The molecule has 2 rings (SSSR count). The van der Waals surface area contributed by atoms with Gasteiger partial charge in [0.25, 0.3) is 5.78 Å². The largest absolute Gasteiger partial charge is 0.496 e. The lowest BCUT2D eigenvalue weighted by Gasteiger charge is -2.13. The molecule has 0 saturated carbocycles. The number of fused-ring (bicyclic) bond motifs is 1. The minimum absolute atomic E-state index is 0.0603. The number of ketones is 2. The minimum Gasteiger partial charge on any atom is -0.496 e. The Kier molecular flexibility index (Phi) is 5.31. The van der Waals surface area contributed by atoms with Crippen molar-refractivity contribution in [2.45, 2.75) is 19.4 Å². The highest BCUT2D eigenvalue weighted by Crippen LogP contribution is 2.31. The predicted molar refractivity (Wildman–Crippen MR) is 80.1 cm³/mol. The van der Waals surface area contributed by atoms with Gasteiger partial charge in [-0.15, -0.1) is 0 Å². The highest BCUT2D eigenvalue weighted by Gasteiger charge is 2.37. The number of carbonyl (C=O) groups excluding carboxylic acids is 3. The van der Waals surface area contributed by atoms with E-state index in [-0.39, 0.29) is 13.2 Å². The molecular weight excluding hydrogens is 356 g/mol. The quantitative estimate of drug-likeness (QED) is 0.456. The molecule has 22 heavy (non-hydrogen) atoms. The normalized spacial score (nSPS) is 17.4. The molecule has 0 aromatic heterocycles. The third-order valence-electron chi connectivity index (χ3n) is 3.25. The zero-order valence-corrected chi connectivity index (χ0v) is 13.8. The maximum absolute atomic E-state index is 12.5. The van der Waals surface area contributed by atoms with E-state index in [0.717, 1.165) is 0 Å². The fourth-order valence-corrected chi connectivity index (χ4v) is 2.70. The van der Waals surface area contributed by atoms with E-state index >= 15 is 0 Å². The van der Waals surface area contributed by atoms with Crippen molar-refractivity contribution in [3.05, 3.63) is 27.7 Å².